The Kier molecular flexibility index (Phi) is 5.68. The lowest BCUT2D eigenvalue weighted by atomic mass is 9.77. The molecule has 0 unspecified atom stereocenters. The summed E-state index contributed by atoms with van der Waals surface area (Å²) in [5.41, 5.74) is 1.05. The first-order valence-electron chi connectivity index (χ1n) is 9.51. The summed E-state index contributed by atoms with van der Waals surface area (Å²) in [6, 6.07) is 7.80. The number of nitrogens with zero attached hydrogens (tertiary/aromatic N) is 4. The quantitative estimate of drug-likeness (QED) is 0.745. The van der Waals surface area contributed by atoms with Crippen molar-refractivity contribution in [1.29, 1.82) is 0 Å². The summed E-state index contributed by atoms with van der Waals surface area (Å²) in [5, 5.41) is 0. The Morgan fingerprint density at radius 2 is 1.79 bits per heavy atom. The van der Waals surface area contributed by atoms with E-state index in [4.69, 9.17) is 4.99 Å². The molecule has 2 saturated carbocycles. The number of aromatic nitrogens is 1. The number of hydrogen-bond donors (Lipinski definition) is 0. The lowest BCUT2D eigenvalue weighted by Crippen LogP contribution is -2.29. The van der Waals surface area contributed by atoms with Gasteiger partial charge < -0.3 is 4.90 Å². The van der Waals surface area contributed by atoms with Gasteiger partial charge in [0, 0.05) is 25.9 Å². The zero-order valence-electron chi connectivity index (χ0n) is 15.2. The van der Waals surface area contributed by atoms with Crippen molar-refractivity contribution < 1.29 is 0 Å². The molecule has 0 saturated heterocycles. The van der Waals surface area contributed by atoms with Gasteiger partial charge in [0.15, 0.2) is 0 Å². The average molecular weight is 326 g/mol. The normalized spacial score (nSPS) is 20.9. The van der Waals surface area contributed by atoms with E-state index < -0.39 is 0 Å². The molecule has 4 nitrogen and oxygen atoms in total. The van der Waals surface area contributed by atoms with Gasteiger partial charge in [0.2, 0.25) is 0 Å². The molecule has 1 aromatic heterocycles. The minimum absolute atomic E-state index is 0.190. The third-order valence-corrected chi connectivity index (χ3v) is 5.47. The van der Waals surface area contributed by atoms with Crippen LogP contribution in [0.1, 0.15) is 69.8 Å². The summed E-state index contributed by atoms with van der Waals surface area (Å²) < 4.78 is 0. The second-order valence-electron chi connectivity index (χ2n) is 7.49. The van der Waals surface area contributed by atoms with E-state index in [9.17, 15) is 0 Å². The maximum atomic E-state index is 4.94. The highest BCUT2D eigenvalue weighted by Gasteiger charge is 2.36. The van der Waals surface area contributed by atoms with Gasteiger partial charge >= 0.3 is 0 Å². The van der Waals surface area contributed by atoms with Gasteiger partial charge in [-0.3, -0.25) is 0 Å². The van der Waals surface area contributed by atoms with Crippen LogP contribution in [-0.4, -0.2) is 31.1 Å². The predicted molar refractivity (Wildman–Crippen MR) is 100 cm³/mol. The Bertz CT molecular complexity index is 589. The molecule has 0 aliphatic heterocycles. The van der Waals surface area contributed by atoms with E-state index in [0.29, 0.717) is 6.04 Å². The molecular weight excluding hydrogens is 296 g/mol. The monoisotopic (exact) mass is 326 g/mol. The van der Waals surface area contributed by atoms with Crippen molar-refractivity contribution >= 4 is 11.8 Å². The maximum absolute atomic E-state index is 4.94. The number of pyridine rings is 1. The van der Waals surface area contributed by atoms with E-state index in [1.165, 1.54) is 56.9 Å². The van der Waals surface area contributed by atoms with Crippen molar-refractivity contribution in [3.05, 3.63) is 23.9 Å². The van der Waals surface area contributed by atoms with Crippen molar-refractivity contribution in [2.24, 2.45) is 9.98 Å². The third kappa shape index (κ3) is 3.87. The summed E-state index contributed by atoms with van der Waals surface area (Å²) in [6.07, 6.45) is 14.1. The Labute approximate surface area is 146 Å². The molecular formula is C20H30N4. The van der Waals surface area contributed by atoms with E-state index in [-0.39, 0.29) is 5.54 Å². The van der Waals surface area contributed by atoms with Crippen LogP contribution in [0.4, 0.5) is 5.82 Å². The summed E-state index contributed by atoms with van der Waals surface area (Å²) in [6.45, 7) is 0. The first-order chi connectivity index (χ1) is 11.7. The highest BCUT2D eigenvalue weighted by molar-refractivity contribution is 5.53. The topological polar surface area (TPSA) is 40.9 Å². The number of hydrogen-bond acceptors (Lipinski definition) is 4. The molecule has 4 heteroatoms. The van der Waals surface area contributed by atoms with Crippen LogP contribution < -0.4 is 4.90 Å². The smallest absolute Gasteiger partial charge is 0.133 e. The van der Waals surface area contributed by atoms with Crippen molar-refractivity contribution in [2.45, 2.75) is 75.8 Å². The van der Waals surface area contributed by atoms with Crippen molar-refractivity contribution in [1.82, 2.24) is 4.98 Å². The molecule has 0 aromatic carbocycles. The van der Waals surface area contributed by atoms with Crippen LogP contribution in [-0.2, 0) is 5.54 Å². The van der Waals surface area contributed by atoms with Gasteiger partial charge in [-0.2, -0.15) is 0 Å². The number of anilines is 1. The van der Waals surface area contributed by atoms with Crippen LogP contribution in [0.3, 0.4) is 0 Å². The van der Waals surface area contributed by atoms with Crippen LogP contribution in [0.5, 0.6) is 0 Å². The fourth-order valence-electron chi connectivity index (χ4n) is 4.11. The second-order valence-corrected chi connectivity index (χ2v) is 7.49. The van der Waals surface area contributed by atoms with Crippen molar-refractivity contribution in [3.63, 3.8) is 0 Å². The molecule has 0 radical (unpaired) electrons. The molecule has 2 fully saturated rings. The van der Waals surface area contributed by atoms with Gasteiger partial charge in [0.05, 0.1) is 12.1 Å². The van der Waals surface area contributed by atoms with Crippen LogP contribution in [0, 0.1) is 0 Å². The molecule has 0 spiro atoms. The first kappa shape index (κ1) is 17.2. The summed E-state index contributed by atoms with van der Waals surface area (Å²) in [7, 11) is 4.12. The van der Waals surface area contributed by atoms with Gasteiger partial charge in [0.1, 0.15) is 11.4 Å². The maximum Gasteiger partial charge on any atom is 0.133 e. The fourth-order valence-corrected chi connectivity index (χ4v) is 4.11. The molecule has 2 aliphatic rings. The summed E-state index contributed by atoms with van der Waals surface area (Å²) >= 11 is 0. The Morgan fingerprint density at radius 3 is 2.50 bits per heavy atom. The average Bonchev–Trinajstić information content (AvgIpc) is 2.63. The van der Waals surface area contributed by atoms with Crippen LogP contribution in [0.15, 0.2) is 28.3 Å². The van der Waals surface area contributed by atoms with Gasteiger partial charge in [0.25, 0.3) is 0 Å². The van der Waals surface area contributed by atoms with Crippen LogP contribution >= 0.6 is 0 Å². The molecule has 24 heavy (non-hydrogen) atoms. The van der Waals surface area contributed by atoms with Gasteiger partial charge in [-0.15, -0.1) is 0 Å². The fraction of sp³-hybridized carbons (Fsp3) is 0.700. The molecule has 2 aliphatic carbocycles. The number of aliphatic imine (C=N–C) groups is 2. The largest absolute Gasteiger partial charge is 0.362 e. The van der Waals surface area contributed by atoms with E-state index in [2.05, 4.69) is 41.0 Å². The zero-order valence-corrected chi connectivity index (χ0v) is 15.2. The third-order valence-electron chi connectivity index (χ3n) is 5.47. The summed E-state index contributed by atoms with van der Waals surface area (Å²) in [4.78, 5) is 16.3. The van der Waals surface area contributed by atoms with Crippen LogP contribution in [0.2, 0.25) is 0 Å². The Hall–Kier alpha value is -1.67. The molecule has 130 valence electrons. The van der Waals surface area contributed by atoms with Gasteiger partial charge in [-0.1, -0.05) is 44.6 Å². The highest BCUT2D eigenvalue weighted by atomic mass is 15.1. The van der Waals surface area contributed by atoms with Crippen molar-refractivity contribution in [2.75, 3.05) is 19.0 Å². The zero-order chi connectivity index (χ0) is 16.8. The number of rotatable bonds is 4. The van der Waals surface area contributed by atoms with Crippen LogP contribution in [0.25, 0.3) is 0 Å². The van der Waals surface area contributed by atoms with Gasteiger partial charge in [-0.05, 0) is 31.7 Å². The Morgan fingerprint density at radius 1 is 1.08 bits per heavy atom. The molecule has 1 aromatic rings. The molecule has 0 N–H and O–H groups in total. The molecule has 0 atom stereocenters. The predicted octanol–water partition coefficient (Wildman–Crippen LogP) is 4.81. The lowest BCUT2D eigenvalue weighted by Gasteiger charge is -2.35. The Balaban J connectivity index is 1.92. The van der Waals surface area contributed by atoms with E-state index in [1.807, 2.05) is 12.3 Å². The molecule has 3 rings (SSSR count). The standard InChI is InChI=1S/C20H30N4/c1-24(2)19-18(12-9-15-21-19)20(13-7-4-8-14-20)23-16-22-17-10-5-3-6-11-17/h9,12,15,17H,3-8,10-11,13-14H2,1-2H3. The second kappa shape index (κ2) is 7.94. The highest BCUT2D eigenvalue weighted by Crippen LogP contribution is 2.43. The van der Waals surface area contributed by atoms with E-state index >= 15 is 0 Å². The summed E-state index contributed by atoms with van der Waals surface area (Å²) in [5.74, 6) is 1.03. The van der Waals surface area contributed by atoms with E-state index in [1.54, 1.807) is 0 Å². The molecule has 1 heterocycles. The first-order valence-corrected chi connectivity index (χ1v) is 9.51. The van der Waals surface area contributed by atoms with Gasteiger partial charge in [-0.25, -0.2) is 15.0 Å². The van der Waals surface area contributed by atoms with E-state index in [0.717, 1.165) is 18.7 Å². The SMILES string of the molecule is CN(C)c1ncccc1C1(N=C=NC2CCCCC2)CCCCC1. The minimum atomic E-state index is -0.190. The molecule has 0 amide bonds. The molecule has 0 bridgehead atoms. The minimum Gasteiger partial charge on any atom is -0.362 e. The van der Waals surface area contributed by atoms with Crippen molar-refractivity contribution in [3.8, 4) is 0 Å². The lowest BCUT2D eigenvalue weighted by molar-refractivity contribution is 0.306.